The van der Waals surface area contributed by atoms with Crippen molar-refractivity contribution in [2.75, 3.05) is 31.1 Å². The average Bonchev–Trinajstić information content (AvgIpc) is 3.89. The van der Waals surface area contributed by atoms with Crippen LogP contribution in [-0.4, -0.2) is 72.7 Å². The van der Waals surface area contributed by atoms with Crippen LogP contribution in [0.2, 0.25) is 10.0 Å². The predicted octanol–water partition coefficient (Wildman–Crippen LogP) is 6.42. The summed E-state index contributed by atoms with van der Waals surface area (Å²) in [7, 11) is 0. The lowest BCUT2D eigenvalue weighted by Crippen LogP contribution is -2.53. The number of amides is 1. The highest BCUT2D eigenvalue weighted by molar-refractivity contribution is 7.14. The maximum Gasteiger partial charge on any atom is 0.414 e. The Morgan fingerprint density at radius 3 is 2.39 bits per heavy atom. The van der Waals surface area contributed by atoms with Gasteiger partial charge < -0.3 is 34.0 Å². The number of aromatic hydroxyl groups is 1. The number of hydrogen-bond donors (Lipinski definition) is 2. The SMILES string of the molecule is O=C(O[C@@H](Cc1c(Cl)c[n+](O)cc1Cl)c1ccc(OC(F)F)c(OCC2CC2)c1)c1ccc(CN(C(=O)O[C@H]2CN3CCC2CC3)c2cccc(O)c2)s1.O=C[O-]. The third kappa shape index (κ3) is 11.2. The zero-order chi connectivity index (χ0) is 40.6. The zero-order valence-electron chi connectivity index (χ0n) is 30.3. The Labute approximate surface area is 340 Å². The van der Waals surface area contributed by atoms with Crippen molar-refractivity contribution in [3.05, 3.63) is 97.9 Å². The number of pyridine rings is 1. The van der Waals surface area contributed by atoms with Gasteiger partial charge in [-0.15, -0.1) is 11.3 Å². The van der Waals surface area contributed by atoms with Gasteiger partial charge in [0.1, 0.15) is 32.9 Å². The first-order chi connectivity index (χ1) is 27.4. The molecule has 304 valence electrons. The quantitative estimate of drug-likeness (QED) is 0.0624. The molecule has 57 heavy (non-hydrogen) atoms. The molecule has 4 aliphatic rings. The number of carbonyl (C=O) groups is 3. The molecule has 18 heteroatoms. The van der Waals surface area contributed by atoms with Crippen LogP contribution in [0.1, 0.15) is 57.5 Å². The van der Waals surface area contributed by atoms with Crippen molar-refractivity contribution in [1.29, 1.82) is 0 Å². The highest BCUT2D eigenvalue weighted by Gasteiger charge is 2.38. The molecule has 2 aromatic heterocycles. The van der Waals surface area contributed by atoms with E-state index >= 15 is 0 Å². The van der Waals surface area contributed by atoms with E-state index in [0.717, 1.165) is 50.1 Å². The third-order valence-corrected chi connectivity index (χ3v) is 11.5. The summed E-state index contributed by atoms with van der Waals surface area (Å²) in [6.07, 6.45) is 4.45. The molecule has 4 aromatic rings. The topological polar surface area (TPSA) is 162 Å². The van der Waals surface area contributed by atoms with Crippen molar-refractivity contribution in [2.45, 2.75) is 57.5 Å². The van der Waals surface area contributed by atoms with Crippen LogP contribution in [0.15, 0.2) is 67.0 Å². The second-order valence-corrected chi connectivity index (χ2v) is 15.8. The van der Waals surface area contributed by atoms with E-state index in [4.69, 9.17) is 52.1 Å². The van der Waals surface area contributed by atoms with Gasteiger partial charge in [0.2, 0.25) is 12.4 Å². The number of anilines is 1. The molecule has 1 aliphatic carbocycles. The number of hydrogen-bond acceptors (Lipinski definition) is 12. The summed E-state index contributed by atoms with van der Waals surface area (Å²) in [6.45, 7) is -0.564. The Morgan fingerprint density at radius 2 is 1.75 bits per heavy atom. The molecule has 0 radical (unpaired) electrons. The number of ether oxygens (including phenoxy) is 4. The maximum absolute atomic E-state index is 13.8. The lowest BCUT2D eigenvalue weighted by atomic mass is 9.86. The van der Waals surface area contributed by atoms with Gasteiger partial charge in [0.25, 0.3) is 0 Å². The number of benzene rings is 2. The number of alkyl halides is 2. The van der Waals surface area contributed by atoms with Crippen LogP contribution >= 0.6 is 34.5 Å². The summed E-state index contributed by atoms with van der Waals surface area (Å²) in [5.41, 5.74) is 1.19. The van der Waals surface area contributed by atoms with Crippen LogP contribution in [0.4, 0.5) is 19.3 Å². The van der Waals surface area contributed by atoms with Gasteiger partial charge in [-0.2, -0.15) is 8.78 Å². The Hall–Kier alpha value is -4.90. The summed E-state index contributed by atoms with van der Waals surface area (Å²) in [5.74, 6) is -0.217. The molecule has 2 N–H and O–H groups in total. The number of piperidine rings is 3. The number of rotatable bonds is 14. The molecular formula is C39H39Cl2F2N3O10S. The van der Waals surface area contributed by atoms with Gasteiger partial charge in [0, 0.05) is 40.7 Å². The Bertz CT molecular complexity index is 2020. The van der Waals surface area contributed by atoms with Crippen molar-refractivity contribution < 1.29 is 62.3 Å². The lowest BCUT2D eigenvalue weighted by Gasteiger charge is -2.44. The van der Waals surface area contributed by atoms with Crippen molar-refractivity contribution >= 4 is 58.8 Å². The standard InChI is InChI=1S/C38H37Cl2F2N3O8S.CH2O2/c39-29-18-44(49)19-30(40)28(29)16-32(24-6-8-31(52-37(41)42)33(14-24)50-21-22-4-5-22)51-36(47)35-9-7-27(54-35)17-45(25-2-1-3-26(46)15-25)38(48)53-34-20-43-12-10-23(34)11-13-43;2-1-3/h1-3,6-9,14-15,18-19,22-23,32,34,37H,4-5,10-13,16-17,20-21H2,(H-,46,49);1H,(H,2,3)/t32-,34-;/m0./s1. The lowest BCUT2D eigenvalue weighted by molar-refractivity contribution is -0.904. The van der Waals surface area contributed by atoms with Gasteiger partial charge in [0.05, 0.1) is 18.8 Å². The molecule has 4 fully saturated rings. The van der Waals surface area contributed by atoms with E-state index in [1.807, 2.05) is 0 Å². The normalized spacial score (nSPS) is 18.9. The Balaban J connectivity index is 0.00000177. The fourth-order valence-corrected chi connectivity index (χ4v) is 8.23. The number of esters is 1. The van der Waals surface area contributed by atoms with E-state index < -0.39 is 31.3 Å². The Morgan fingerprint density at radius 1 is 1.04 bits per heavy atom. The monoisotopic (exact) mass is 849 g/mol. The minimum Gasteiger partial charge on any atom is -0.554 e. The van der Waals surface area contributed by atoms with E-state index in [2.05, 4.69) is 4.90 Å². The van der Waals surface area contributed by atoms with Crippen LogP contribution in [0.5, 0.6) is 17.2 Å². The predicted molar refractivity (Wildman–Crippen MR) is 201 cm³/mol. The number of carbonyl (C=O) groups excluding carboxylic acids is 3. The number of aromatic nitrogens is 1. The summed E-state index contributed by atoms with van der Waals surface area (Å²) in [6, 6.07) is 13.9. The molecule has 1 saturated carbocycles. The fraction of sp³-hybridized carbons (Fsp3) is 0.385. The van der Waals surface area contributed by atoms with E-state index in [1.54, 1.807) is 24.3 Å². The maximum atomic E-state index is 13.8. The second kappa shape index (κ2) is 19.0. The molecule has 0 spiro atoms. The molecule has 8 rings (SSSR count). The first kappa shape index (κ1) is 41.7. The largest absolute Gasteiger partial charge is 0.554 e. The summed E-state index contributed by atoms with van der Waals surface area (Å²) in [5, 5.41) is 28.6. The van der Waals surface area contributed by atoms with E-state index in [9.17, 15) is 28.7 Å². The molecule has 5 heterocycles. The van der Waals surface area contributed by atoms with Gasteiger partial charge in [-0.25, -0.2) is 9.59 Å². The molecule has 3 saturated heterocycles. The molecule has 1 amide bonds. The van der Waals surface area contributed by atoms with Crippen LogP contribution < -0.4 is 24.2 Å². The molecular weight excluding hydrogens is 811 g/mol. The first-order valence-corrected chi connectivity index (χ1v) is 19.6. The number of thiophene rings is 1. The minimum absolute atomic E-state index is 0.0167. The van der Waals surface area contributed by atoms with Gasteiger partial charge in [-0.05, 0) is 92.6 Å². The van der Waals surface area contributed by atoms with Crippen LogP contribution in [0.25, 0.3) is 0 Å². The number of phenolic OH excluding ortho intramolecular Hbond substituents is 1. The summed E-state index contributed by atoms with van der Waals surface area (Å²) in [4.78, 5) is 40.4. The molecule has 2 atom stereocenters. The molecule has 13 nitrogen and oxygen atoms in total. The molecule has 2 aromatic carbocycles. The van der Waals surface area contributed by atoms with Crippen molar-refractivity contribution in [2.24, 2.45) is 11.8 Å². The fourth-order valence-electron chi connectivity index (χ4n) is 6.75. The summed E-state index contributed by atoms with van der Waals surface area (Å²) >= 11 is 14.0. The van der Waals surface area contributed by atoms with Crippen LogP contribution in [0.3, 0.4) is 0 Å². The number of halogens is 4. The van der Waals surface area contributed by atoms with E-state index in [1.165, 1.54) is 47.6 Å². The van der Waals surface area contributed by atoms with Crippen LogP contribution in [0, 0.1) is 11.8 Å². The van der Waals surface area contributed by atoms with Crippen molar-refractivity contribution in [1.82, 2.24) is 4.90 Å². The smallest absolute Gasteiger partial charge is 0.414 e. The first-order valence-electron chi connectivity index (χ1n) is 18.1. The number of fused-ring (bicyclic) bond motifs is 3. The second-order valence-electron chi connectivity index (χ2n) is 13.8. The van der Waals surface area contributed by atoms with E-state index in [-0.39, 0.29) is 51.2 Å². The van der Waals surface area contributed by atoms with Crippen LogP contribution in [-0.2, 0) is 27.2 Å². The Kier molecular flexibility index (Phi) is 13.9. The average molecular weight is 851 g/mol. The molecule has 0 unspecified atom stereocenters. The van der Waals surface area contributed by atoms with Gasteiger partial charge in [-0.3, -0.25) is 15.0 Å². The van der Waals surface area contributed by atoms with Gasteiger partial charge in [0.15, 0.2) is 11.5 Å². The number of nitrogens with zero attached hydrogens (tertiary/aromatic N) is 3. The summed E-state index contributed by atoms with van der Waals surface area (Å²) < 4.78 is 50.0. The van der Waals surface area contributed by atoms with Gasteiger partial charge >= 0.3 is 18.7 Å². The van der Waals surface area contributed by atoms with Gasteiger partial charge in [-0.1, -0.05) is 35.3 Å². The minimum atomic E-state index is -3.08. The highest BCUT2D eigenvalue weighted by Crippen LogP contribution is 2.39. The molecule has 3 aliphatic heterocycles. The van der Waals surface area contributed by atoms with E-state index in [0.29, 0.717) is 51.4 Å². The number of phenols is 1. The third-order valence-electron chi connectivity index (χ3n) is 9.82. The van der Waals surface area contributed by atoms with Crippen molar-refractivity contribution in [3.63, 3.8) is 0 Å². The highest BCUT2D eigenvalue weighted by atomic mass is 35.5. The number of carboxylic acid groups (broad SMARTS) is 1. The molecule has 2 bridgehead atoms. The van der Waals surface area contributed by atoms with Crippen molar-refractivity contribution in [3.8, 4) is 17.2 Å². The zero-order valence-corrected chi connectivity index (χ0v) is 32.6.